The minimum Gasteiger partial charge on any atom is -0.379 e. The number of rotatable bonds is 5. The normalized spacial score (nSPS) is 9.79. The highest BCUT2D eigenvalue weighted by molar-refractivity contribution is 7.98. The molecule has 0 unspecified atom stereocenters. The maximum Gasteiger partial charge on any atom is 0.292 e. The molecule has 0 saturated heterocycles. The molecule has 0 aliphatic heterocycles. The number of benzene rings is 1. The van der Waals surface area contributed by atoms with Crippen molar-refractivity contribution in [2.24, 2.45) is 0 Å². The van der Waals surface area contributed by atoms with Gasteiger partial charge in [-0.15, -0.1) is 0 Å². The molecule has 0 atom stereocenters. The number of nitro groups is 1. The van der Waals surface area contributed by atoms with Gasteiger partial charge in [-0.3, -0.25) is 10.1 Å². The molecule has 4 nitrogen and oxygen atoms in total. The van der Waals surface area contributed by atoms with E-state index in [1.54, 1.807) is 30.0 Å². The Balaban J connectivity index is 2.69. The molecule has 1 aromatic carbocycles. The van der Waals surface area contributed by atoms with Gasteiger partial charge < -0.3 is 5.32 Å². The number of hydrogen-bond acceptors (Lipinski definition) is 4. The zero-order valence-electron chi connectivity index (χ0n) is 7.90. The van der Waals surface area contributed by atoms with E-state index in [1.807, 2.05) is 6.26 Å². The van der Waals surface area contributed by atoms with Gasteiger partial charge in [0.1, 0.15) is 5.69 Å². The first kappa shape index (κ1) is 10.8. The van der Waals surface area contributed by atoms with Gasteiger partial charge in [0.2, 0.25) is 0 Å². The molecular formula is C9H12N2O2S. The molecule has 1 N–H and O–H groups in total. The number of nitrogens with zero attached hydrogens (tertiary/aromatic N) is 1. The van der Waals surface area contributed by atoms with Crippen LogP contribution in [-0.4, -0.2) is 23.5 Å². The molecular weight excluding hydrogens is 200 g/mol. The highest BCUT2D eigenvalue weighted by atomic mass is 32.2. The summed E-state index contributed by atoms with van der Waals surface area (Å²) in [6.45, 7) is 0.742. The third-order valence-corrected chi connectivity index (χ3v) is 2.33. The molecule has 0 saturated carbocycles. The summed E-state index contributed by atoms with van der Waals surface area (Å²) < 4.78 is 0. The van der Waals surface area contributed by atoms with E-state index in [0.29, 0.717) is 5.69 Å². The molecule has 0 amide bonds. The predicted octanol–water partition coefficient (Wildman–Crippen LogP) is 2.37. The first-order valence-electron chi connectivity index (χ1n) is 4.22. The summed E-state index contributed by atoms with van der Waals surface area (Å²) in [5, 5.41) is 13.6. The van der Waals surface area contributed by atoms with Crippen molar-refractivity contribution in [2.45, 2.75) is 0 Å². The van der Waals surface area contributed by atoms with Crippen molar-refractivity contribution in [3.8, 4) is 0 Å². The molecule has 0 aliphatic carbocycles. The van der Waals surface area contributed by atoms with Crippen molar-refractivity contribution in [1.29, 1.82) is 0 Å². The minimum atomic E-state index is -0.374. The van der Waals surface area contributed by atoms with Crippen LogP contribution in [0.5, 0.6) is 0 Å². The molecule has 76 valence electrons. The third kappa shape index (κ3) is 2.92. The van der Waals surface area contributed by atoms with Gasteiger partial charge >= 0.3 is 0 Å². The van der Waals surface area contributed by atoms with Crippen LogP contribution >= 0.6 is 11.8 Å². The molecule has 14 heavy (non-hydrogen) atoms. The van der Waals surface area contributed by atoms with E-state index in [4.69, 9.17) is 0 Å². The average molecular weight is 212 g/mol. The van der Waals surface area contributed by atoms with Crippen LogP contribution in [0.25, 0.3) is 0 Å². The van der Waals surface area contributed by atoms with Crippen LogP contribution < -0.4 is 5.32 Å². The summed E-state index contributed by atoms with van der Waals surface area (Å²) in [7, 11) is 0. The predicted molar refractivity (Wildman–Crippen MR) is 60.0 cm³/mol. The highest BCUT2D eigenvalue weighted by Crippen LogP contribution is 2.22. The van der Waals surface area contributed by atoms with Gasteiger partial charge in [0.25, 0.3) is 5.69 Å². The Morgan fingerprint density at radius 2 is 2.21 bits per heavy atom. The van der Waals surface area contributed by atoms with Crippen LogP contribution in [-0.2, 0) is 0 Å². The lowest BCUT2D eigenvalue weighted by Gasteiger charge is -2.04. The second kappa shape index (κ2) is 5.49. The fraction of sp³-hybridized carbons (Fsp3) is 0.333. The van der Waals surface area contributed by atoms with E-state index in [2.05, 4.69) is 5.32 Å². The molecule has 0 radical (unpaired) electrons. The van der Waals surface area contributed by atoms with Crippen LogP contribution in [0.15, 0.2) is 24.3 Å². The monoisotopic (exact) mass is 212 g/mol. The standard InChI is InChI=1S/C9H12N2O2S/c1-14-7-6-10-8-4-2-3-5-9(8)11(12)13/h2-5,10H,6-7H2,1H3. The summed E-state index contributed by atoms with van der Waals surface area (Å²) in [4.78, 5) is 10.2. The molecule has 0 fully saturated rings. The van der Waals surface area contributed by atoms with E-state index in [1.165, 1.54) is 6.07 Å². The molecule has 0 bridgehead atoms. The average Bonchev–Trinajstić information content (AvgIpc) is 2.19. The smallest absolute Gasteiger partial charge is 0.292 e. The van der Waals surface area contributed by atoms with E-state index < -0.39 is 0 Å². The number of nitrogens with one attached hydrogen (secondary N) is 1. The topological polar surface area (TPSA) is 55.2 Å². The summed E-state index contributed by atoms with van der Waals surface area (Å²) in [6.07, 6.45) is 2.00. The number of nitro benzene ring substituents is 1. The van der Waals surface area contributed by atoms with Crippen LogP contribution in [0.1, 0.15) is 0 Å². The van der Waals surface area contributed by atoms with Crippen LogP contribution in [0, 0.1) is 10.1 Å². The van der Waals surface area contributed by atoms with Gasteiger partial charge in [0, 0.05) is 18.4 Å². The Morgan fingerprint density at radius 1 is 1.50 bits per heavy atom. The van der Waals surface area contributed by atoms with E-state index in [0.717, 1.165) is 12.3 Å². The highest BCUT2D eigenvalue weighted by Gasteiger charge is 2.10. The number of thioether (sulfide) groups is 1. The van der Waals surface area contributed by atoms with Gasteiger partial charge in [-0.2, -0.15) is 11.8 Å². The second-order valence-corrected chi connectivity index (χ2v) is 3.68. The van der Waals surface area contributed by atoms with Gasteiger partial charge in [-0.05, 0) is 12.3 Å². The van der Waals surface area contributed by atoms with Crippen molar-refractivity contribution < 1.29 is 4.92 Å². The Labute approximate surface area is 86.9 Å². The molecule has 0 aromatic heterocycles. The molecule has 0 heterocycles. The first-order valence-corrected chi connectivity index (χ1v) is 5.61. The van der Waals surface area contributed by atoms with Gasteiger partial charge in [0.15, 0.2) is 0 Å². The molecule has 5 heteroatoms. The fourth-order valence-corrected chi connectivity index (χ4v) is 1.38. The van der Waals surface area contributed by atoms with Gasteiger partial charge in [-0.1, -0.05) is 12.1 Å². The SMILES string of the molecule is CSCCNc1ccccc1[N+](=O)[O-]. The number of hydrogen-bond donors (Lipinski definition) is 1. The molecule has 1 aromatic rings. The Morgan fingerprint density at radius 3 is 2.86 bits per heavy atom. The summed E-state index contributed by atoms with van der Waals surface area (Å²) >= 11 is 1.70. The molecule has 0 aliphatic rings. The largest absolute Gasteiger partial charge is 0.379 e. The van der Waals surface area contributed by atoms with Crippen molar-refractivity contribution in [3.63, 3.8) is 0 Å². The summed E-state index contributed by atoms with van der Waals surface area (Å²) in [6, 6.07) is 6.67. The van der Waals surface area contributed by atoms with Crippen molar-refractivity contribution >= 4 is 23.1 Å². The van der Waals surface area contributed by atoms with E-state index >= 15 is 0 Å². The molecule has 1 rings (SSSR count). The number of anilines is 1. The summed E-state index contributed by atoms with van der Waals surface area (Å²) in [5.74, 6) is 0.937. The lowest BCUT2D eigenvalue weighted by Crippen LogP contribution is -2.05. The lowest BCUT2D eigenvalue weighted by molar-refractivity contribution is -0.384. The van der Waals surface area contributed by atoms with Crippen LogP contribution in [0.3, 0.4) is 0 Å². The van der Waals surface area contributed by atoms with Gasteiger partial charge in [-0.25, -0.2) is 0 Å². The minimum absolute atomic E-state index is 0.133. The van der Waals surface area contributed by atoms with Crippen LogP contribution in [0.4, 0.5) is 11.4 Å². The van der Waals surface area contributed by atoms with Crippen LogP contribution in [0.2, 0.25) is 0 Å². The Bertz CT molecular complexity index is 317. The second-order valence-electron chi connectivity index (χ2n) is 2.69. The molecule has 0 spiro atoms. The first-order chi connectivity index (χ1) is 6.75. The zero-order chi connectivity index (χ0) is 10.4. The van der Waals surface area contributed by atoms with Crippen molar-refractivity contribution in [1.82, 2.24) is 0 Å². The lowest BCUT2D eigenvalue weighted by atomic mass is 10.2. The number of para-hydroxylation sites is 2. The maximum absolute atomic E-state index is 10.6. The summed E-state index contributed by atoms with van der Waals surface area (Å²) in [5.41, 5.74) is 0.722. The third-order valence-electron chi connectivity index (χ3n) is 1.72. The zero-order valence-corrected chi connectivity index (χ0v) is 8.71. The van der Waals surface area contributed by atoms with E-state index in [-0.39, 0.29) is 10.6 Å². The van der Waals surface area contributed by atoms with Crippen molar-refractivity contribution in [3.05, 3.63) is 34.4 Å². The Hall–Kier alpha value is -1.23. The van der Waals surface area contributed by atoms with Crippen molar-refractivity contribution in [2.75, 3.05) is 23.9 Å². The quantitative estimate of drug-likeness (QED) is 0.462. The fourth-order valence-electron chi connectivity index (χ4n) is 1.07. The van der Waals surface area contributed by atoms with E-state index in [9.17, 15) is 10.1 Å². The maximum atomic E-state index is 10.6. The Kier molecular flexibility index (Phi) is 4.25. The van der Waals surface area contributed by atoms with Gasteiger partial charge in [0.05, 0.1) is 4.92 Å².